The number of rotatable bonds is 8. The van der Waals surface area contributed by atoms with Gasteiger partial charge in [0.2, 0.25) is 0 Å². The molecule has 5 heteroatoms. The third-order valence-electron chi connectivity index (χ3n) is 1.23. The first kappa shape index (κ1) is 12.2. The van der Waals surface area contributed by atoms with E-state index >= 15 is 0 Å². The van der Waals surface area contributed by atoms with Crippen molar-refractivity contribution >= 4 is 6.16 Å². The Bertz CT molecular complexity index is 126. The van der Waals surface area contributed by atoms with E-state index in [2.05, 4.69) is 4.74 Å². The molecule has 0 aliphatic carbocycles. The normalized spacial score (nSPS) is 9.92. The predicted octanol–water partition coefficient (Wildman–Crippen LogP) is 1.12. The topological polar surface area (TPSA) is 65.0 Å². The molecule has 78 valence electrons. The van der Waals surface area contributed by atoms with Gasteiger partial charge < -0.3 is 19.3 Å². The van der Waals surface area contributed by atoms with E-state index in [0.717, 1.165) is 6.42 Å². The summed E-state index contributed by atoms with van der Waals surface area (Å²) in [4.78, 5) is 9.88. The molecular formula is C8H16O5. The van der Waals surface area contributed by atoms with Crippen molar-refractivity contribution in [3.8, 4) is 0 Å². The molecule has 0 heterocycles. The summed E-state index contributed by atoms with van der Waals surface area (Å²) in [5, 5.41) is 8.09. The fraction of sp³-hybridized carbons (Fsp3) is 0.875. The maximum atomic E-state index is 9.88. The molecule has 13 heavy (non-hydrogen) atoms. The minimum Gasteiger partial charge on any atom is -0.450 e. The Morgan fingerprint density at radius 3 is 2.46 bits per heavy atom. The first-order valence-electron chi connectivity index (χ1n) is 4.28. The van der Waals surface area contributed by atoms with Crippen molar-refractivity contribution in [1.29, 1.82) is 0 Å². The highest BCUT2D eigenvalue weighted by Gasteiger charge is 1.95. The van der Waals surface area contributed by atoms with Gasteiger partial charge in [0.1, 0.15) is 6.61 Å². The summed E-state index contributed by atoms with van der Waals surface area (Å²) in [6.07, 6.45) is -0.445. The number of carbonyl (C=O) groups is 1. The first-order chi connectivity index (χ1) is 6.27. The Morgan fingerprint density at radius 1 is 1.15 bits per heavy atom. The lowest BCUT2D eigenvalue weighted by atomic mass is 10.5. The lowest BCUT2D eigenvalue weighted by Gasteiger charge is -2.03. The van der Waals surface area contributed by atoms with Crippen molar-refractivity contribution in [2.24, 2.45) is 0 Å². The standard InChI is InChI=1S/C8H16O5/c1-2-11-4-3-5-12-6-7-13-8(9)10/h2-7H2,1H3,(H,9,10). The molecular weight excluding hydrogens is 176 g/mol. The van der Waals surface area contributed by atoms with E-state index < -0.39 is 6.16 Å². The van der Waals surface area contributed by atoms with Crippen LogP contribution in [-0.2, 0) is 14.2 Å². The molecule has 0 unspecified atom stereocenters. The highest BCUT2D eigenvalue weighted by molar-refractivity contribution is 5.56. The molecule has 0 aliphatic heterocycles. The van der Waals surface area contributed by atoms with Crippen molar-refractivity contribution in [2.75, 3.05) is 33.0 Å². The Kier molecular flexibility index (Phi) is 8.70. The SMILES string of the molecule is CCOCCCOCCOC(=O)O. The summed E-state index contributed by atoms with van der Waals surface area (Å²) >= 11 is 0. The zero-order chi connectivity index (χ0) is 9.94. The second kappa shape index (κ2) is 9.28. The molecule has 0 aromatic rings. The summed E-state index contributed by atoms with van der Waals surface area (Å²) in [6.45, 7) is 4.28. The fourth-order valence-electron chi connectivity index (χ4n) is 0.697. The molecule has 1 N–H and O–H groups in total. The molecule has 0 aromatic heterocycles. The highest BCUT2D eigenvalue weighted by atomic mass is 16.7. The maximum Gasteiger partial charge on any atom is 0.505 e. The van der Waals surface area contributed by atoms with Crippen molar-refractivity contribution in [3.63, 3.8) is 0 Å². The van der Waals surface area contributed by atoms with Crippen LogP contribution in [0.3, 0.4) is 0 Å². The molecule has 0 atom stereocenters. The van der Waals surface area contributed by atoms with Crippen molar-refractivity contribution in [1.82, 2.24) is 0 Å². The van der Waals surface area contributed by atoms with Gasteiger partial charge in [-0.2, -0.15) is 0 Å². The van der Waals surface area contributed by atoms with Crippen LogP contribution in [0.1, 0.15) is 13.3 Å². The van der Waals surface area contributed by atoms with Crippen molar-refractivity contribution < 1.29 is 24.1 Å². The van der Waals surface area contributed by atoms with Crippen molar-refractivity contribution in [3.05, 3.63) is 0 Å². The van der Waals surface area contributed by atoms with Crippen LogP contribution in [0.25, 0.3) is 0 Å². The molecule has 0 fully saturated rings. The molecule has 0 bridgehead atoms. The van der Waals surface area contributed by atoms with Gasteiger partial charge in [0.05, 0.1) is 6.61 Å². The largest absolute Gasteiger partial charge is 0.505 e. The van der Waals surface area contributed by atoms with Gasteiger partial charge in [0.25, 0.3) is 0 Å². The Labute approximate surface area is 77.6 Å². The van der Waals surface area contributed by atoms with E-state index in [4.69, 9.17) is 14.6 Å². The average Bonchev–Trinajstić information content (AvgIpc) is 2.09. The van der Waals surface area contributed by atoms with Crippen LogP contribution in [0.2, 0.25) is 0 Å². The van der Waals surface area contributed by atoms with E-state index in [9.17, 15) is 4.79 Å². The van der Waals surface area contributed by atoms with Crippen LogP contribution in [0, 0.1) is 0 Å². The second-order valence-electron chi connectivity index (χ2n) is 2.28. The third-order valence-corrected chi connectivity index (χ3v) is 1.23. The monoisotopic (exact) mass is 192 g/mol. The highest BCUT2D eigenvalue weighted by Crippen LogP contribution is 1.85. The minimum atomic E-state index is -1.27. The smallest absolute Gasteiger partial charge is 0.450 e. The van der Waals surface area contributed by atoms with E-state index in [1.165, 1.54) is 0 Å². The molecule has 0 spiro atoms. The molecule has 0 radical (unpaired) electrons. The molecule has 0 amide bonds. The zero-order valence-electron chi connectivity index (χ0n) is 7.82. The Hall–Kier alpha value is -0.810. The molecule has 0 rings (SSSR count). The lowest BCUT2D eigenvalue weighted by Crippen LogP contribution is -2.09. The number of hydrogen-bond acceptors (Lipinski definition) is 4. The van der Waals surface area contributed by atoms with Gasteiger partial charge in [-0.1, -0.05) is 0 Å². The number of carboxylic acid groups (broad SMARTS) is 1. The third kappa shape index (κ3) is 11.2. The predicted molar refractivity (Wildman–Crippen MR) is 45.9 cm³/mol. The molecule has 0 aliphatic rings. The average molecular weight is 192 g/mol. The van der Waals surface area contributed by atoms with Gasteiger partial charge in [-0.25, -0.2) is 4.79 Å². The van der Waals surface area contributed by atoms with Crippen LogP contribution in [0.15, 0.2) is 0 Å². The van der Waals surface area contributed by atoms with Crippen LogP contribution in [0.4, 0.5) is 4.79 Å². The van der Waals surface area contributed by atoms with Gasteiger partial charge in [0, 0.05) is 19.8 Å². The van der Waals surface area contributed by atoms with Crippen LogP contribution in [-0.4, -0.2) is 44.3 Å². The van der Waals surface area contributed by atoms with E-state index in [1.807, 2.05) is 6.92 Å². The van der Waals surface area contributed by atoms with Gasteiger partial charge in [-0.15, -0.1) is 0 Å². The Balaban J connectivity index is 2.87. The van der Waals surface area contributed by atoms with Crippen LogP contribution in [0.5, 0.6) is 0 Å². The molecule has 0 saturated heterocycles. The van der Waals surface area contributed by atoms with Gasteiger partial charge in [0.15, 0.2) is 0 Å². The minimum absolute atomic E-state index is 0.0873. The molecule has 5 nitrogen and oxygen atoms in total. The first-order valence-corrected chi connectivity index (χ1v) is 4.28. The fourth-order valence-corrected chi connectivity index (χ4v) is 0.697. The summed E-state index contributed by atoms with van der Waals surface area (Å²) in [5.74, 6) is 0. The van der Waals surface area contributed by atoms with Gasteiger partial charge in [-0.3, -0.25) is 0 Å². The van der Waals surface area contributed by atoms with Gasteiger partial charge >= 0.3 is 6.16 Å². The zero-order valence-corrected chi connectivity index (χ0v) is 7.82. The lowest BCUT2D eigenvalue weighted by molar-refractivity contribution is 0.0390. The number of ether oxygens (including phenoxy) is 3. The van der Waals surface area contributed by atoms with E-state index in [-0.39, 0.29) is 6.61 Å². The summed E-state index contributed by atoms with van der Waals surface area (Å²) in [6, 6.07) is 0. The van der Waals surface area contributed by atoms with Gasteiger partial charge in [-0.05, 0) is 13.3 Å². The molecule has 0 aromatic carbocycles. The second-order valence-corrected chi connectivity index (χ2v) is 2.28. The van der Waals surface area contributed by atoms with Crippen LogP contribution < -0.4 is 0 Å². The summed E-state index contributed by atoms with van der Waals surface area (Å²) in [7, 11) is 0. The van der Waals surface area contributed by atoms with E-state index in [1.54, 1.807) is 0 Å². The Morgan fingerprint density at radius 2 is 1.85 bits per heavy atom. The number of hydrogen-bond donors (Lipinski definition) is 1. The van der Waals surface area contributed by atoms with Crippen molar-refractivity contribution in [2.45, 2.75) is 13.3 Å². The summed E-state index contributed by atoms with van der Waals surface area (Å²) < 4.78 is 14.4. The maximum absolute atomic E-state index is 9.88. The quantitative estimate of drug-likeness (QED) is 0.461. The van der Waals surface area contributed by atoms with E-state index in [0.29, 0.717) is 26.4 Å². The molecule has 0 saturated carbocycles. The van der Waals surface area contributed by atoms with Crippen LogP contribution >= 0.6 is 0 Å². The summed E-state index contributed by atoms with van der Waals surface area (Å²) in [5.41, 5.74) is 0.